The number of rotatable bonds is 3. The molecule has 5 heteroatoms. The van der Waals surface area contributed by atoms with Gasteiger partial charge in [0.25, 0.3) is 0 Å². The lowest BCUT2D eigenvalue weighted by atomic mass is 10.2. The van der Waals surface area contributed by atoms with Crippen LogP contribution in [0.4, 0.5) is 0 Å². The molecule has 0 aliphatic heterocycles. The third-order valence-electron chi connectivity index (χ3n) is 1.23. The Balaban J connectivity index is 2.50. The van der Waals surface area contributed by atoms with E-state index in [1.54, 1.807) is 5.51 Å². The Kier molecular flexibility index (Phi) is 3.04. The highest BCUT2D eigenvalue weighted by Gasteiger charge is 2.10. The minimum atomic E-state index is -0.527. The second-order valence-electron chi connectivity index (χ2n) is 2.13. The third kappa shape index (κ3) is 2.61. The molecule has 2 N–H and O–H groups in total. The Morgan fingerprint density at radius 3 is 3.09 bits per heavy atom. The van der Waals surface area contributed by atoms with E-state index in [9.17, 15) is 4.79 Å². The van der Waals surface area contributed by atoms with Crippen molar-refractivity contribution in [3.8, 4) is 0 Å². The molecule has 0 radical (unpaired) electrons. The number of aromatic nitrogens is 1. The molecular weight excluding hydrogens is 180 g/mol. The molecule has 1 aromatic heterocycles. The molecule has 0 amide bonds. The fourth-order valence-corrected chi connectivity index (χ4v) is 1.31. The van der Waals surface area contributed by atoms with Gasteiger partial charge in [-0.2, -0.15) is 0 Å². The monoisotopic (exact) mass is 188 g/mol. The molecule has 0 bridgehead atoms. The highest BCUT2D eigenvalue weighted by Crippen LogP contribution is 2.04. The number of hydrogen-bond donors (Lipinski definition) is 2. The average molecular weight is 188 g/mol. The second kappa shape index (κ2) is 3.85. The quantitative estimate of drug-likeness (QED) is 0.678. The summed E-state index contributed by atoms with van der Waals surface area (Å²) < 4.78 is 0. The molecule has 3 nitrogen and oxygen atoms in total. The Bertz CT molecular complexity index is 235. The molecule has 0 saturated heterocycles. The minimum Gasteiger partial charge on any atom is -0.320 e. The van der Waals surface area contributed by atoms with Crippen LogP contribution >= 0.6 is 24.0 Å². The average Bonchev–Trinajstić information content (AvgIpc) is 2.39. The van der Waals surface area contributed by atoms with Crippen LogP contribution in [0.5, 0.6) is 0 Å². The second-order valence-corrected chi connectivity index (χ2v) is 3.29. The standard InChI is InChI=1S/C6H8N2OS2/c7-5(6(9)10)1-4-2-11-3-8-4/h2-3,5H,1,7H2,(H,9,10)/t5-/m0/s1. The fourth-order valence-electron chi connectivity index (χ4n) is 0.651. The van der Waals surface area contributed by atoms with Gasteiger partial charge in [0.1, 0.15) is 0 Å². The van der Waals surface area contributed by atoms with Gasteiger partial charge in [0.15, 0.2) is 0 Å². The molecule has 1 heterocycles. The number of hydrogen-bond acceptors (Lipinski definition) is 4. The van der Waals surface area contributed by atoms with Crippen LogP contribution in [0.25, 0.3) is 0 Å². The van der Waals surface area contributed by atoms with E-state index in [0.717, 1.165) is 5.69 Å². The van der Waals surface area contributed by atoms with Crippen molar-refractivity contribution in [1.82, 2.24) is 4.98 Å². The van der Waals surface area contributed by atoms with E-state index in [1.807, 2.05) is 5.38 Å². The van der Waals surface area contributed by atoms with E-state index in [0.29, 0.717) is 6.42 Å². The molecule has 11 heavy (non-hydrogen) atoms. The number of carbonyl (C=O) groups is 1. The van der Waals surface area contributed by atoms with Crippen LogP contribution in [-0.4, -0.2) is 16.1 Å². The van der Waals surface area contributed by atoms with Gasteiger partial charge in [-0.25, -0.2) is 4.98 Å². The fraction of sp³-hybridized carbons (Fsp3) is 0.333. The van der Waals surface area contributed by atoms with Crippen LogP contribution in [0.1, 0.15) is 5.69 Å². The maximum absolute atomic E-state index is 10.6. The summed E-state index contributed by atoms with van der Waals surface area (Å²) in [6.07, 6.45) is 0.478. The molecule has 0 spiro atoms. The van der Waals surface area contributed by atoms with Crippen molar-refractivity contribution in [1.29, 1.82) is 0 Å². The van der Waals surface area contributed by atoms with Gasteiger partial charge in [0, 0.05) is 11.8 Å². The van der Waals surface area contributed by atoms with Crippen LogP contribution in [-0.2, 0) is 11.2 Å². The number of thiazole rings is 1. The summed E-state index contributed by atoms with van der Waals surface area (Å²) in [5, 5.41) is 1.58. The maximum Gasteiger partial charge on any atom is 0.203 e. The molecule has 0 aliphatic rings. The zero-order chi connectivity index (χ0) is 8.27. The number of nitrogens with two attached hydrogens (primary N) is 1. The first-order valence-corrected chi connectivity index (χ1v) is 4.44. The van der Waals surface area contributed by atoms with Crippen LogP contribution in [0.15, 0.2) is 10.9 Å². The summed E-state index contributed by atoms with van der Waals surface area (Å²) in [5.41, 5.74) is 8.01. The molecule has 0 unspecified atom stereocenters. The van der Waals surface area contributed by atoms with Crippen LogP contribution in [0.2, 0.25) is 0 Å². The Morgan fingerprint density at radius 2 is 2.64 bits per heavy atom. The molecule has 1 atom stereocenters. The maximum atomic E-state index is 10.6. The molecule has 0 saturated carbocycles. The first-order valence-electron chi connectivity index (χ1n) is 3.05. The van der Waals surface area contributed by atoms with Gasteiger partial charge in [-0.1, -0.05) is 0 Å². The van der Waals surface area contributed by atoms with Gasteiger partial charge in [0.05, 0.1) is 17.2 Å². The van der Waals surface area contributed by atoms with Gasteiger partial charge in [0.2, 0.25) is 5.12 Å². The van der Waals surface area contributed by atoms with Gasteiger partial charge in [-0.15, -0.1) is 24.0 Å². The van der Waals surface area contributed by atoms with Crippen LogP contribution in [0, 0.1) is 0 Å². The van der Waals surface area contributed by atoms with Crippen molar-refractivity contribution >= 4 is 29.1 Å². The van der Waals surface area contributed by atoms with Crippen molar-refractivity contribution in [3.63, 3.8) is 0 Å². The lowest BCUT2D eigenvalue weighted by Crippen LogP contribution is -2.29. The van der Waals surface area contributed by atoms with E-state index >= 15 is 0 Å². The highest BCUT2D eigenvalue weighted by atomic mass is 32.1. The van der Waals surface area contributed by atoms with Crippen molar-refractivity contribution in [3.05, 3.63) is 16.6 Å². The lowest BCUT2D eigenvalue weighted by molar-refractivity contribution is -0.111. The molecule has 1 aromatic rings. The first-order chi connectivity index (χ1) is 5.20. The molecular formula is C6H8N2OS2. The van der Waals surface area contributed by atoms with Crippen LogP contribution in [0.3, 0.4) is 0 Å². The normalized spacial score (nSPS) is 12.9. The summed E-state index contributed by atoms with van der Waals surface area (Å²) in [4.78, 5) is 14.6. The van der Waals surface area contributed by atoms with E-state index < -0.39 is 6.04 Å². The van der Waals surface area contributed by atoms with Crippen molar-refractivity contribution < 1.29 is 4.79 Å². The third-order valence-corrected chi connectivity index (χ3v) is 2.20. The van der Waals surface area contributed by atoms with Crippen molar-refractivity contribution in [2.45, 2.75) is 12.5 Å². The molecule has 1 rings (SSSR count). The van der Waals surface area contributed by atoms with Crippen LogP contribution < -0.4 is 5.73 Å². The van der Waals surface area contributed by atoms with E-state index in [-0.39, 0.29) is 5.12 Å². The smallest absolute Gasteiger partial charge is 0.203 e. The largest absolute Gasteiger partial charge is 0.320 e. The zero-order valence-corrected chi connectivity index (χ0v) is 7.44. The Hall–Kier alpha value is -0.390. The lowest BCUT2D eigenvalue weighted by Gasteiger charge is -2.02. The van der Waals surface area contributed by atoms with Gasteiger partial charge in [-0.05, 0) is 0 Å². The number of nitrogens with zero attached hydrogens (tertiary/aromatic N) is 1. The summed E-state index contributed by atoms with van der Waals surface area (Å²) in [7, 11) is 0. The molecule has 0 aliphatic carbocycles. The van der Waals surface area contributed by atoms with E-state index in [4.69, 9.17) is 5.73 Å². The van der Waals surface area contributed by atoms with Gasteiger partial charge >= 0.3 is 0 Å². The Labute approximate surface area is 74.0 Å². The molecule has 60 valence electrons. The summed E-state index contributed by atoms with van der Waals surface area (Å²) >= 11 is 5.11. The first kappa shape index (κ1) is 8.70. The van der Waals surface area contributed by atoms with Crippen molar-refractivity contribution in [2.75, 3.05) is 0 Å². The summed E-state index contributed by atoms with van der Waals surface area (Å²) in [6.45, 7) is 0. The predicted molar refractivity (Wildman–Crippen MR) is 47.8 cm³/mol. The number of thiol groups is 1. The molecule has 0 aromatic carbocycles. The summed E-state index contributed by atoms with van der Waals surface area (Å²) in [5.74, 6) is 0. The van der Waals surface area contributed by atoms with E-state index in [2.05, 4.69) is 17.6 Å². The topological polar surface area (TPSA) is 56.0 Å². The van der Waals surface area contributed by atoms with E-state index in [1.165, 1.54) is 11.3 Å². The van der Waals surface area contributed by atoms with Gasteiger partial charge < -0.3 is 5.73 Å². The summed E-state index contributed by atoms with van der Waals surface area (Å²) in [6, 6.07) is -0.527. The molecule has 0 fully saturated rings. The number of carbonyl (C=O) groups excluding carboxylic acids is 1. The van der Waals surface area contributed by atoms with Crippen molar-refractivity contribution in [2.24, 2.45) is 5.73 Å². The minimum absolute atomic E-state index is 0.294. The zero-order valence-electron chi connectivity index (χ0n) is 5.73. The van der Waals surface area contributed by atoms with Gasteiger partial charge in [-0.3, -0.25) is 4.79 Å². The Morgan fingerprint density at radius 1 is 1.91 bits per heavy atom. The highest BCUT2D eigenvalue weighted by molar-refractivity contribution is 7.96. The SMILES string of the molecule is N[C@@H](Cc1cscn1)C(=O)S. The predicted octanol–water partition coefficient (Wildman–Crippen LogP) is 0.469.